The summed E-state index contributed by atoms with van der Waals surface area (Å²) in [5.74, 6) is -1.11. The van der Waals surface area contributed by atoms with Crippen LogP contribution in [0, 0.1) is 17.8 Å². The van der Waals surface area contributed by atoms with Crippen molar-refractivity contribution < 1.29 is 33.4 Å². The molecule has 0 saturated carbocycles. The first-order valence-corrected chi connectivity index (χ1v) is 12.7. The maximum atomic E-state index is 13.1. The summed E-state index contributed by atoms with van der Waals surface area (Å²) in [6, 6.07) is 0. The smallest absolute Gasteiger partial charge is 0.405 e. The molecule has 6 atom stereocenters. The first-order chi connectivity index (χ1) is 17.9. The van der Waals surface area contributed by atoms with Crippen LogP contribution in [-0.2, 0) is 28.6 Å². The van der Waals surface area contributed by atoms with Crippen molar-refractivity contribution in [3.63, 3.8) is 0 Å². The molecular weight excluding hydrogens is 488 g/mol. The molecule has 0 aromatic carbocycles. The van der Waals surface area contributed by atoms with Crippen molar-refractivity contribution in [1.29, 1.82) is 0 Å². The SMILES string of the molecule is CO[C@H]1/C=C\C=C(/C)C(=O)NC2=CC(=O)C=C(C[C@@H](C)C[C@H](OC)[C@H](C)[C@@H](C)/C=C(\C)[C@@H]1OC(N)=O)C2=O. The van der Waals surface area contributed by atoms with E-state index in [1.807, 2.05) is 19.9 Å². The average molecular weight is 529 g/mol. The molecule has 0 aromatic heterocycles. The molecule has 9 heteroatoms. The number of carbonyl (C=O) groups excluding carboxylic acids is 4. The Labute approximate surface area is 224 Å². The third kappa shape index (κ3) is 8.36. The second-order valence-corrected chi connectivity index (χ2v) is 10.2. The number of carbonyl (C=O) groups is 4. The Kier molecular flexibility index (Phi) is 11.4. The van der Waals surface area contributed by atoms with Gasteiger partial charge in [-0.25, -0.2) is 4.79 Å². The minimum Gasteiger partial charge on any atom is -0.439 e. The summed E-state index contributed by atoms with van der Waals surface area (Å²) in [6.45, 7) is 9.56. The molecule has 0 aromatic rings. The minimum atomic E-state index is -0.931. The maximum Gasteiger partial charge on any atom is 0.405 e. The lowest BCUT2D eigenvalue weighted by molar-refractivity contribution is -0.120. The highest BCUT2D eigenvalue weighted by Gasteiger charge is 2.30. The number of rotatable bonds is 3. The van der Waals surface area contributed by atoms with Crippen LogP contribution < -0.4 is 11.1 Å². The number of fused-ring (bicyclic) bond motifs is 2. The van der Waals surface area contributed by atoms with Gasteiger partial charge in [0.2, 0.25) is 5.78 Å². The van der Waals surface area contributed by atoms with Gasteiger partial charge in [-0.05, 0) is 56.1 Å². The average Bonchev–Trinajstić information content (AvgIpc) is 2.85. The molecule has 3 N–H and O–H groups in total. The van der Waals surface area contributed by atoms with Crippen LogP contribution in [0.15, 0.2) is 58.9 Å². The maximum absolute atomic E-state index is 13.1. The van der Waals surface area contributed by atoms with E-state index in [1.54, 1.807) is 26.2 Å². The van der Waals surface area contributed by atoms with E-state index in [-0.39, 0.29) is 41.1 Å². The van der Waals surface area contributed by atoms with Gasteiger partial charge in [0.05, 0.1) is 11.8 Å². The van der Waals surface area contributed by atoms with Crippen LogP contribution in [0.5, 0.6) is 0 Å². The fourth-order valence-corrected chi connectivity index (χ4v) is 4.74. The topological polar surface area (TPSA) is 134 Å². The normalized spacial score (nSPS) is 33.6. The number of primary amides is 1. The summed E-state index contributed by atoms with van der Waals surface area (Å²) in [6.07, 6.45) is 7.77. The Bertz CT molecular complexity index is 1080. The van der Waals surface area contributed by atoms with Crippen molar-refractivity contribution in [2.45, 2.75) is 65.8 Å². The summed E-state index contributed by atoms with van der Waals surface area (Å²) in [5, 5.41) is 2.57. The van der Waals surface area contributed by atoms with Crippen molar-refractivity contribution in [3.05, 3.63) is 58.9 Å². The van der Waals surface area contributed by atoms with Crippen LogP contribution in [0.1, 0.15) is 47.5 Å². The molecule has 0 radical (unpaired) electrons. The molecule has 0 spiro atoms. The Morgan fingerprint density at radius 2 is 1.74 bits per heavy atom. The lowest BCUT2D eigenvalue weighted by Gasteiger charge is -2.30. The van der Waals surface area contributed by atoms with E-state index < -0.39 is 24.2 Å². The first-order valence-electron chi connectivity index (χ1n) is 12.7. The number of Topliss-reactive ketones (excluding diaryl/α,β-unsaturated/α-hetero) is 1. The molecule has 2 bridgehead atoms. The van der Waals surface area contributed by atoms with E-state index in [0.717, 1.165) is 11.6 Å². The number of allylic oxidation sites excluding steroid dienone is 6. The molecule has 1 heterocycles. The standard InChI is InChI=1S/C29H40N2O7/c1-16-11-21-14-22(32)15-23(26(21)33)31-28(34)17(2)9-8-10-24(36-6)27(38-29(30)35)19(4)13-18(3)20(5)25(12-16)37-7/h8-10,13-16,18,20,24-25,27H,11-12H2,1-7H3,(H2,30,35)(H,31,34)/b10-8-,17-9+,19-13+/t16-,18+,20-,24+,25+,27+/m1/s1. The number of ketones is 2. The van der Waals surface area contributed by atoms with Gasteiger partial charge in [-0.2, -0.15) is 0 Å². The third-order valence-corrected chi connectivity index (χ3v) is 7.10. The van der Waals surface area contributed by atoms with Crippen molar-refractivity contribution in [2.75, 3.05) is 14.2 Å². The highest BCUT2D eigenvalue weighted by Crippen LogP contribution is 2.29. The molecule has 1 aliphatic carbocycles. The first kappa shape index (κ1) is 30.9. The Morgan fingerprint density at radius 1 is 1.05 bits per heavy atom. The second-order valence-electron chi connectivity index (χ2n) is 10.2. The monoisotopic (exact) mass is 528 g/mol. The fourth-order valence-electron chi connectivity index (χ4n) is 4.74. The fraction of sp³-hybridized carbons (Fsp3) is 0.517. The molecule has 9 nitrogen and oxygen atoms in total. The number of ether oxygens (including phenoxy) is 3. The second kappa shape index (κ2) is 14.0. The van der Waals surface area contributed by atoms with E-state index in [9.17, 15) is 19.2 Å². The molecule has 0 saturated heterocycles. The molecule has 0 fully saturated rings. The minimum absolute atomic E-state index is 0.0226. The van der Waals surface area contributed by atoms with Gasteiger partial charge in [-0.15, -0.1) is 0 Å². The summed E-state index contributed by atoms with van der Waals surface area (Å²) in [5.41, 5.74) is 6.73. The Balaban J connectivity index is 2.53. The van der Waals surface area contributed by atoms with Crippen molar-refractivity contribution in [1.82, 2.24) is 5.32 Å². The summed E-state index contributed by atoms with van der Waals surface area (Å²) in [4.78, 5) is 49.9. The van der Waals surface area contributed by atoms with Crippen LogP contribution in [0.25, 0.3) is 0 Å². The molecule has 1 aliphatic heterocycles. The van der Waals surface area contributed by atoms with Crippen LogP contribution in [0.2, 0.25) is 0 Å². The van der Waals surface area contributed by atoms with Gasteiger partial charge in [0.25, 0.3) is 5.91 Å². The van der Waals surface area contributed by atoms with Gasteiger partial charge in [-0.1, -0.05) is 45.1 Å². The predicted octanol–water partition coefficient (Wildman–Crippen LogP) is 3.71. The summed E-state index contributed by atoms with van der Waals surface area (Å²) in [7, 11) is 3.13. The van der Waals surface area contributed by atoms with Gasteiger partial charge in [-0.3, -0.25) is 14.4 Å². The van der Waals surface area contributed by atoms with Crippen LogP contribution in [0.3, 0.4) is 0 Å². The van der Waals surface area contributed by atoms with E-state index in [4.69, 9.17) is 19.9 Å². The van der Waals surface area contributed by atoms with Gasteiger partial charge in [0, 0.05) is 31.4 Å². The van der Waals surface area contributed by atoms with Crippen molar-refractivity contribution in [3.8, 4) is 0 Å². The lowest BCUT2D eigenvalue weighted by atomic mass is 9.82. The van der Waals surface area contributed by atoms with E-state index in [1.165, 1.54) is 19.3 Å². The molecule has 2 amide bonds. The largest absolute Gasteiger partial charge is 0.439 e. The molecule has 2 aliphatic rings. The van der Waals surface area contributed by atoms with Crippen molar-refractivity contribution >= 4 is 23.6 Å². The lowest BCUT2D eigenvalue weighted by Crippen LogP contribution is -2.35. The van der Waals surface area contributed by atoms with Gasteiger partial charge >= 0.3 is 6.09 Å². The van der Waals surface area contributed by atoms with Crippen LogP contribution in [-0.4, -0.2) is 56.1 Å². The third-order valence-electron chi connectivity index (χ3n) is 7.10. The van der Waals surface area contributed by atoms with E-state index >= 15 is 0 Å². The summed E-state index contributed by atoms with van der Waals surface area (Å²) < 4.78 is 16.8. The van der Waals surface area contributed by atoms with E-state index in [2.05, 4.69) is 19.2 Å². The zero-order valence-electron chi connectivity index (χ0n) is 23.3. The molecule has 2 rings (SSSR count). The molecular formula is C29H40N2O7. The van der Waals surface area contributed by atoms with Crippen LogP contribution in [0.4, 0.5) is 4.79 Å². The highest BCUT2D eigenvalue weighted by atomic mass is 16.6. The Morgan fingerprint density at radius 3 is 2.34 bits per heavy atom. The highest BCUT2D eigenvalue weighted by molar-refractivity contribution is 6.21. The number of amides is 2. The molecule has 208 valence electrons. The van der Waals surface area contributed by atoms with Gasteiger partial charge in [0.15, 0.2) is 11.9 Å². The molecule has 0 unspecified atom stereocenters. The zero-order chi connectivity index (χ0) is 28.6. The summed E-state index contributed by atoms with van der Waals surface area (Å²) >= 11 is 0. The number of methoxy groups -OCH3 is 2. The van der Waals surface area contributed by atoms with Gasteiger partial charge < -0.3 is 25.3 Å². The van der Waals surface area contributed by atoms with E-state index in [0.29, 0.717) is 24.0 Å². The zero-order valence-corrected chi connectivity index (χ0v) is 23.3. The number of hydrogen-bond acceptors (Lipinski definition) is 7. The predicted molar refractivity (Wildman–Crippen MR) is 144 cm³/mol. The van der Waals surface area contributed by atoms with Crippen molar-refractivity contribution in [2.24, 2.45) is 23.5 Å². The molecule has 38 heavy (non-hydrogen) atoms. The van der Waals surface area contributed by atoms with Crippen LogP contribution >= 0.6 is 0 Å². The Hall–Kier alpha value is -3.30. The quantitative estimate of drug-likeness (QED) is 0.421. The number of nitrogens with one attached hydrogen (secondary N) is 1. The number of nitrogens with two attached hydrogens (primary N) is 1. The van der Waals surface area contributed by atoms with Gasteiger partial charge in [0.1, 0.15) is 6.10 Å². The number of hydrogen-bond donors (Lipinski definition) is 2.